The Morgan fingerprint density at radius 3 is 2.56 bits per heavy atom. The van der Waals surface area contributed by atoms with Crippen LogP contribution in [0.1, 0.15) is 5.56 Å². The molecule has 1 N–H and O–H groups in total. The van der Waals surface area contributed by atoms with Crippen molar-refractivity contribution in [2.24, 2.45) is 0 Å². The number of benzene rings is 1. The molecule has 0 heterocycles. The average Bonchev–Trinajstić information content (AvgIpc) is 1.80. The molecule has 0 unspecified atom stereocenters. The largest absolute Gasteiger partial charge is 0.508 e. The monoisotopic (exact) mass is 184 g/mol. The summed E-state index contributed by atoms with van der Waals surface area (Å²) in [5.41, 5.74) is 0.393. The first-order valence-electron chi connectivity index (χ1n) is 2.44. The van der Waals surface area contributed by atoms with E-state index in [1.165, 1.54) is 0 Å². The number of phenols is 1. The van der Waals surface area contributed by atoms with E-state index in [9.17, 15) is 0 Å². The fourth-order valence-electron chi connectivity index (χ4n) is 0.525. The van der Waals surface area contributed by atoms with Gasteiger partial charge in [0.2, 0.25) is 0 Å². The summed E-state index contributed by atoms with van der Waals surface area (Å²) in [5, 5.41) is 8.90. The maximum Gasteiger partial charge on any atom is 0.119 e. The van der Waals surface area contributed by atoms with E-state index in [1.807, 2.05) is 0 Å². The fraction of sp³-hybridized carbons (Fsp3) is 0. The van der Waals surface area contributed by atoms with Gasteiger partial charge in [-0.15, -0.1) is 0 Å². The van der Waals surface area contributed by atoms with Crippen molar-refractivity contribution in [1.29, 1.82) is 0 Å². The minimum Gasteiger partial charge on any atom is -0.508 e. The lowest BCUT2D eigenvalue weighted by molar-refractivity contribution is 0.473. The minimum absolute atomic E-state index is 0.123. The van der Waals surface area contributed by atoms with Gasteiger partial charge in [0.05, 0.1) is 0 Å². The third kappa shape index (κ3) is 1.45. The lowest BCUT2D eigenvalue weighted by Gasteiger charge is -1.95. The second-order valence-corrected chi connectivity index (χ2v) is 2.62. The molecule has 1 aromatic carbocycles. The van der Waals surface area contributed by atoms with Crippen LogP contribution in [-0.2, 0) is 0 Å². The summed E-state index contributed by atoms with van der Waals surface area (Å²) in [6, 6.07) is 4.92. The molecular weight excluding hydrogens is 180 g/mol. The summed E-state index contributed by atoms with van der Waals surface area (Å²) in [6.07, 6.45) is 0. The average molecular weight is 185 g/mol. The molecule has 0 fully saturated rings. The third-order valence-corrected chi connectivity index (χ3v) is 1.48. The van der Waals surface area contributed by atoms with E-state index in [0.717, 1.165) is 4.47 Å². The lowest BCUT2D eigenvalue weighted by atomic mass is 10.2. The molecule has 0 aliphatic rings. The van der Waals surface area contributed by atoms with Gasteiger partial charge in [0.1, 0.15) is 5.75 Å². The van der Waals surface area contributed by atoms with E-state index in [1.54, 1.807) is 18.2 Å². The number of hydrogen-bond donors (Lipinski definition) is 1. The van der Waals surface area contributed by atoms with Crippen LogP contribution in [0.4, 0.5) is 0 Å². The number of halogens is 1. The second-order valence-electron chi connectivity index (χ2n) is 1.70. The molecule has 2 heteroatoms. The Balaban J connectivity index is 3.17. The molecule has 0 aliphatic heterocycles. The first-order chi connectivity index (χ1) is 4.20. The zero-order valence-corrected chi connectivity index (χ0v) is 6.22. The molecule has 1 rings (SSSR count). The SMILES string of the molecule is [CH]c1cc(Br)ccc1O. The predicted octanol–water partition coefficient (Wildman–Crippen LogP) is 2.21. The molecule has 0 aromatic heterocycles. The van der Waals surface area contributed by atoms with E-state index >= 15 is 0 Å². The number of phenolic OH excluding ortho intramolecular Hbond substituents is 1. The van der Waals surface area contributed by atoms with Crippen molar-refractivity contribution in [3.63, 3.8) is 0 Å². The molecule has 0 saturated carbocycles. The van der Waals surface area contributed by atoms with Crippen molar-refractivity contribution in [1.82, 2.24) is 0 Å². The smallest absolute Gasteiger partial charge is 0.119 e. The summed E-state index contributed by atoms with van der Waals surface area (Å²) < 4.78 is 0.873. The number of hydrogen-bond acceptors (Lipinski definition) is 1. The first kappa shape index (κ1) is 6.62. The molecule has 0 saturated heterocycles. The van der Waals surface area contributed by atoms with E-state index in [2.05, 4.69) is 15.9 Å². The van der Waals surface area contributed by atoms with Crippen LogP contribution in [0.2, 0.25) is 0 Å². The molecule has 1 aromatic rings. The number of rotatable bonds is 0. The van der Waals surface area contributed by atoms with Crippen LogP contribution in [-0.4, -0.2) is 5.11 Å². The molecule has 2 radical (unpaired) electrons. The Bertz CT molecular complexity index is 220. The van der Waals surface area contributed by atoms with Crippen LogP contribution < -0.4 is 0 Å². The van der Waals surface area contributed by atoms with E-state index < -0.39 is 0 Å². The Morgan fingerprint density at radius 1 is 1.44 bits per heavy atom. The van der Waals surface area contributed by atoms with Gasteiger partial charge in [-0.3, -0.25) is 0 Å². The van der Waals surface area contributed by atoms with Gasteiger partial charge in [-0.2, -0.15) is 0 Å². The molecule has 46 valence electrons. The summed E-state index contributed by atoms with van der Waals surface area (Å²) in [4.78, 5) is 0. The molecule has 1 nitrogen and oxygen atoms in total. The van der Waals surface area contributed by atoms with Crippen molar-refractivity contribution in [2.45, 2.75) is 0 Å². The molecule has 0 atom stereocenters. The molecule has 9 heavy (non-hydrogen) atoms. The summed E-state index contributed by atoms with van der Waals surface area (Å²) in [5.74, 6) is 0.123. The van der Waals surface area contributed by atoms with Crippen LogP contribution in [0.15, 0.2) is 22.7 Å². The Labute approximate surface area is 62.5 Å². The standard InChI is InChI=1S/C7H5BrO/c1-5-4-6(8)2-3-7(5)9/h1-4,9H. The minimum atomic E-state index is 0.123. The van der Waals surface area contributed by atoms with Gasteiger partial charge >= 0.3 is 0 Å². The van der Waals surface area contributed by atoms with E-state index in [4.69, 9.17) is 12.0 Å². The molecule has 0 bridgehead atoms. The first-order valence-corrected chi connectivity index (χ1v) is 3.23. The van der Waals surface area contributed by atoms with Crippen molar-refractivity contribution in [3.05, 3.63) is 35.2 Å². The Kier molecular flexibility index (Phi) is 1.76. The topological polar surface area (TPSA) is 20.2 Å². The third-order valence-electron chi connectivity index (χ3n) is 0.990. The molecular formula is C7H5BrO. The van der Waals surface area contributed by atoms with Gasteiger partial charge in [0.15, 0.2) is 0 Å². The van der Waals surface area contributed by atoms with Gasteiger partial charge in [-0.05, 0) is 23.8 Å². The predicted molar refractivity (Wildman–Crippen MR) is 39.2 cm³/mol. The van der Waals surface area contributed by atoms with Crippen molar-refractivity contribution < 1.29 is 5.11 Å². The highest BCUT2D eigenvalue weighted by atomic mass is 79.9. The summed E-state index contributed by atoms with van der Waals surface area (Å²) in [6.45, 7) is 5.34. The molecule has 0 amide bonds. The van der Waals surface area contributed by atoms with Gasteiger partial charge in [0, 0.05) is 11.4 Å². The molecule has 0 spiro atoms. The highest BCUT2D eigenvalue weighted by molar-refractivity contribution is 9.10. The fourth-order valence-corrected chi connectivity index (χ4v) is 0.904. The maximum atomic E-state index is 8.90. The quantitative estimate of drug-likeness (QED) is 0.656. The zero-order valence-electron chi connectivity index (χ0n) is 4.63. The Hall–Kier alpha value is -0.500. The summed E-state index contributed by atoms with van der Waals surface area (Å²) in [7, 11) is 0. The maximum absolute atomic E-state index is 8.90. The highest BCUT2D eigenvalue weighted by Crippen LogP contribution is 2.19. The normalized spacial score (nSPS) is 9.56. The zero-order chi connectivity index (χ0) is 6.85. The van der Waals surface area contributed by atoms with Gasteiger partial charge in [-0.25, -0.2) is 0 Å². The Morgan fingerprint density at radius 2 is 2.11 bits per heavy atom. The summed E-state index contributed by atoms with van der Waals surface area (Å²) >= 11 is 3.21. The second kappa shape index (κ2) is 2.40. The van der Waals surface area contributed by atoms with E-state index in [-0.39, 0.29) is 5.75 Å². The van der Waals surface area contributed by atoms with Crippen LogP contribution in [0.3, 0.4) is 0 Å². The van der Waals surface area contributed by atoms with Crippen LogP contribution >= 0.6 is 15.9 Å². The molecule has 0 aliphatic carbocycles. The van der Waals surface area contributed by atoms with Crippen LogP contribution in [0.25, 0.3) is 0 Å². The van der Waals surface area contributed by atoms with Crippen molar-refractivity contribution in [2.75, 3.05) is 0 Å². The van der Waals surface area contributed by atoms with E-state index in [0.29, 0.717) is 5.56 Å². The van der Waals surface area contributed by atoms with Crippen molar-refractivity contribution >= 4 is 15.9 Å². The van der Waals surface area contributed by atoms with Gasteiger partial charge in [0.25, 0.3) is 0 Å². The van der Waals surface area contributed by atoms with Gasteiger partial charge < -0.3 is 5.11 Å². The number of aromatic hydroxyl groups is 1. The van der Waals surface area contributed by atoms with Crippen LogP contribution in [0.5, 0.6) is 5.75 Å². The lowest BCUT2D eigenvalue weighted by Crippen LogP contribution is -1.72. The highest BCUT2D eigenvalue weighted by Gasteiger charge is 1.93. The van der Waals surface area contributed by atoms with Crippen LogP contribution in [0, 0.1) is 6.92 Å². The van der Waals surface area contributed by atoms with Gasteiger partial charge in [-0.1, -0.05) is 15.9 Å². The van der Waals surface area contributed by atoms with Crippen molar-refractivity contribution in [3.8, 4) is 5.75 Å².